The number of hydrogen-bond donors (Lipinski definition) is 5. The quantitative estimate of drug-likeness (QED) is 0.0227. The van der Waals surface area contributed by atoms with Crippen molar-refractivity contribution >= 4 is 35.6 Å². The fourth-order valence-corrected chi connectivity index (χ4v) is 12.3. The van der Waals surface area contributed by atoms with Crippen LogP contribution < -0.4 is 16.0 Å². The van der Waals surface area contributed by atoms with Crippen LogP contribution in [0.1, 0.15) is 219 Å². The van der Waals surface area contributed by atoms with Crippen LogP contribution >= 0.6 is 11.8 Å². The third-order valence-corrected chi connectivity index (χ3v) is 16.3. The van der Waals surface area contributed by atoms with Crippen LogP contribution in [0.15, 0.2) is 11.6 Å². The molecule has 0 bridgehead atoms. The molecule has 11 atom stereocenters. The van der Waals surface area contributed by atoms with E-state index in [1.807, 2.05) is 24.8 Å². The summed E-state index contributed by atoms with van der Waals surface area (Å²) >= 11 is 1.90. The predicted octanol–water partition coefficient (Wildman–Crippen LogP) is 9.81. The van der Waals surface area contributed by atoms with Crippen molar-refractivity contribution in [2.45, 2.75) is 285 Å². The summed E-state index contributed by atoms with van der Waals surface area (Å²) in [5.74, 6) is 0.664. The van der Waals surface area contributed by atoms with Crippen LogP contribution in [0.3, 0.4) is 0 Å². The van der Waals surface area contributed by atoms with E-state index in [1.165, 1.54) is 51.4 Å². The van der Waals surface area contributed by atoms with Gasteiger partial charge in [-0.1, -0.05) is 103 Å². The number of carbonyl (C=O) groups excluding carboxylic acids is 4. The lowest BCUT2D eigenvalue weighted by Gasteiger charge is -2.27. The maximum Gasteiger partial charge on any atom is 0.334 e. The number of urea groups is 1. The van der Waals surface area contributed by atoms with Crippen LogP contribution in [0.25, 0.3) is 0 Å². The fourth-order valence-electron chi connectivity index (χ4n) is 10.8. The molecule has 3 amide bonds. The first kappa shape index (κ1) is 55.5. The largest absolute Gasteiger partial charge is 0.460 e. The molecule has 4 fully saturated rings. The number of unbranched alkanes of at least 4 members (excludes halogenated alkanes) is 15. The molecule has 0 saturated carbocycles. The SMILES string of the molecule is CCCCCC[C@H](O)CCC[C@H](OC(=O)CCCCCNC(=O)CCCC[C@@H]1SC[C@@H]2NC(=O)N[C@@H]21)[C@H]1CC[C@H]([C@H]2CC[C@H]([C@H](O)CCCCCCCCCCCCC3=C[C@H](C)OC3=O)O2)O1. The van der Waals surface area contributed by atoms with Gasteiger partial charge < -0.3 is 45.1 Å². The number of ether oxygens (including phenoxy) is 4. The second kappa shape index (κ2) is 31.8. The van der Waals surface area contributed by atoms with Crippen molar-refractivity contribution < 1.29 is 48.3 Å². The lowest BCUT2D eigenvalue weighted by Crippen LogP contribution is -2.36. The van der Waals surface area contributed by atoms with Gasteiger partial charge in [-0.2, -0.15) is 11.8 Å². The highest BCUT2D eigenvalue weighted by atomic mass is 32.2. The minimum absolute atomic E-state index is 0.0643. The molecule has 0 aromatic carbocycles. The first-order valence-electron chi connectivity index (χ1n) is 27.3. The standard InChI is InChI=1S/C53H91N3O10S/c1-3-4-5-16-24-40(57)25-22-27-44(66-50(60)30-18-14-21-35-54-49(59)29-20-19-28-48-51-41(37-67-48)55-53(62)56-51)45-33-34-47(65-45)46-32-31-43(64-46)42(58)26-17-13-11-9-7-6-8-10-12-15-23-39-36-38(2)63-52(39)61/h36,38,40-48,51,57-58H,3-35,37H2,1-2H3,(H,54,59)(H2,55,56,62)/t38-,40-,41-,42+,43+,44-,45+,46+,47+,48-,51-/m0/s1. The lowest BCUT2D eigenvalue weighted by atomic mass is 9.99. The van der Waals surface area contributed by atoms with Crippen LogP contribution in [0, 0.1) is 0 Å². The molecule has 5 rings (SSSR count). The molecule has 0 aromatic heterocycles. The summed E-state index contributed by atoms with van der Waals surface area (Å²) in [5.41, 5.74) is 0.850. The number of esters is 2. The number of amides is 3. The summed E-state index contributed by atoms with van der Waals surface area (Å²) in [6, 6.07) is 0.368. The van der Waals surface area contributed by atoms with E-state index in [-0.39, 0.29) is 78.7 Å². The van der Waals surface area contributed by atoms with Crippen molar-refractivity contribution in [1.29, 1.82) is 0 Å². The van der Waals surface area contributed by atoms with E-state index in [0.29, 0.717) is 43.9 Å². The van der Waals surface area contributed by atoms with Crippen LogP contribution in [0.4, 0.5) is 4.79 Å². The normalized spacial score (nSPS) is 27.0. The van der Waals surface area contributed by atoms with Crippen LogP contribution in [0.2, 0.25) is 0 Å². The Balaban J connectivity index is 0.908. The van der Waals surface area contributed by atoms with Gasteiger partial charge in [-0.15, -0.1) is 0 Å². The third kappa shape index (κ3) is 20.9. The molecule has 5 aliphatic rings. The van der Waals surface area contributed by atoms with Gasteiger partial charge in [-0.25, -0.2) is 9.59 Å². The predicted molar refractivity (Wildman–Crippen MR) is 265 cm³/mol. The number of aliphatic hydroxyl groups is 2. The Morgan fingerprint density at radius 3 is 2.12 bits per heavy atom. The highest BCUT2D eigenvalue weighted by molar-refractivity contribution is 8.00. The molecular weight excluding hydrogens is 871 g/mol. The minimum atomic E-state index is -0.465. The maximum absolute atomic E-state index is 13.2. The topological polar surface area (TPSA) is 182 Å². The van der Waals surface area contributed by atoms with E-state index < -0.39 is 6.10 Å². The van der Waals surface area contributed by atoms with Gasteiger partial charge in [0, 0.05) is 36.0 Å². The Bertz CT molecular complexity index is 1490. The zero-order valence-electron chi connectivity index (χ0n) is 41.5. The molecule has 67 heavy (non-hydrogen) atoms. The molecule has 0 aromatic rings. The number of carbonyl (C=O) groups is 4. The number of thioether (sulfide) groups is 1. The number of aliphatic hydroxyl groups excluding tert-OH is 2. The molecule has 0 spiro atoms. The van der Waals surface area contributed by atoms with Crippen LogP contribution in [0.5, 0.6) is 0 Å². The Morgan fingerprint density at radius 2 is 1.39 bits per heavy atom. The Labute approximate surface area is 407 Å². The van der Waals surface area contributed by atoms with Gasteiger partial charge in [0.2, 0.25) is 5.91 Å². The Kier molecular flexibility index (Phi) is 26.3. The summed E-state index contributed by atoms with van der Waals surface area (Å²) in [7, 11) is 0. The van der Waals surface area contributed by atoms with E-state index in [4.69, 9.17) is 18.9 Å². The second-order valence-electron chi connectivity index (χ2n) is 20.5. The minimum Gasteiger partial charge on any atom is -0.460 e. The van der Waals surface area contributed by atoms with Gasteiger partial charge >= 0.3 is 18.0 Å². The average molecular weight is 962 g/mol. The fraction of sp³-hybridized carbons (Fsp3) is 0.887. The lowest BCUT2D eigenvalue weighted by molar-refractivity contribution is -0.161. The Morgan fingerprint density at radius 1 is 0.746 bits per heavy atom. The molecule has 0 radical (unpaired) electrons. The molecule has 384 valence electrons. The van der Waals surface area contributed by atoms with Crippen molar-refractivity contribution in [3.63, 3.8) is 0 Å². The van der Waals surface area contributed by atoms with Gasteiger partial charge in [-0.05, 0) is 109 Å². The second-order valence-corrected chi connectivity index (χ2v) is 21.8. The van der Waals surface area contributed by atoms with Gasteiger partial charge in [0.15, 0.2) is 0 Å². The Hall–Kier alpha value is -2.39. The first-order valence-corrected chi connectivity index (χ1v) is 28.4. The van der Waals surface area contributed by atoms with Crippen molar-refractivity contribution in [2.24, 2.45) is 0 Å². The van der Waals surface area contributed by atoms with Crippen molar-refractivity contribution in [3.05, 3.63) is 11.6 Å². The number of rotatable bonds is 37. The third-order valence-electron chi connectivity index (χ3n) is 14.8. The first-order chi connectivity index (χ1) is 32.6. The highest BCUT2D eigenvalue weighted by Gasteiger charge is 2.43. The number of hydrogen-bond acceptors (Lipinski definition) is 11. The molecule has 14 heteroatoms. The van der Waals surface area contributed by atoms with E-state index in [0.717, 1.165) is 133 Å². The molecule has 0 unspecified atom stereocenters. The van der Waals surface area contributed by atoms with E-state index in [2.05, 4.69) is 22.9 Å². The summed E-state index contributed by atoms with van der Waals surface area (Å²) in [4.78, 5) is 49.0. The van der Waals surface area contributed by atoms with Crippen LogP contribution in [-0.4, -0.2) is 113 Å². The molecule has 4 saturated heterocycles. The highest BCUT2D eigenvalue weighted by Crippen LogP contribution is 2.36. The van der Waals surface area contributed by atoms with Crippen LogP contribution in [-0.2, 0) is 33.3 Å². The van der Waals surface area contributed by atoms with Crippen molar-refractivity contribution in [1.82, 2.24) is 16.0 Å². The van der Waals surface area contributed by atoms with E-state index in [9.17, 15) is 29.4 Å². The van der Waals surface area contributed by atoms with E-state index in [1.54, 1.807) is 0 Å². The van der Waals surface area contributed by atoms with Gasteiger partial charge in [0.25, 0.3) is 0 Å². The average Bonchev–Trinajstić information content (AvgIpc) is 4.16. The maximum atomic E-state index is 13.2. The summed E-state index contributed by atoms with van der Waals surface area (Å²) in [6.07, 6.45) is 30.3. The number of nitrogens with one attached hydrogen (secondary N) is 3. The van der Waals surface area contributed by atoms with E-state index >= 15 is 0 Å². The van der Waals surface area contributed by atoms with Gasteiger partial charge in [0.1, 0.15) is 12.2 Å². The summed E-state index contributed by atoms with van der Waals surface area (Å²) in [5, 5.41) is 31.2. The molecule has 0 aliphatic carbocycles. The molecule has 5 aliphatic heterocycles. The smallest absolute Gasteiger partial charge is 0.334 e. The summed E-state index contributed by atoms with van der Waals surface area (Å²) < 4.78 is 24.4. The molecule has 13 nitrogen and oxygen atoms in total. The number of fused-ring (bicyclic) bond motifs is 1. The molecular formula is C53H91N3O10S. The molecule has 5 heterocycles. The number of cyclic esters (lactones) is 1. The molecule has 5 N–H and O–H groups in total. The monoisotopic (exact) mass is 962 g/mol. The summed E-state index contributed by atoms with van der Waals surface area (Å²) in [6.45, 7) is 4.70. The van der Waals surface area contributed by atoms with Gasteiger partial charge in [0.05, 0.1) is 48.7 Å². The zero-order chi connectivity index (χ0) is 47.6. The zero-order valence-corrected chi connectivity index (χ0v) is 42.4. The van der Waals surface area contributed by atoms with Crippen molar-refractivity contribution in [3.8, 4) is 0 Å². The van der Waals surface area contributed by atoms with Gasteiger partial charge in [-0.3, -0.25) is 9.59 Å². The van der Waals surface area contributed by atoms with Crippen molar-refractivity contribution in [2.75, 3.05) is 12.3 Å².